The van der Waals surface area contributed by atoms with Crippen LogP contribution in [0.4, 0.5) is 11.4 Å². The summed E-state index contributed by atoms with van der Waals surface area (Å²) in [5.41, 5.74) is 23.6. The first kappa shape index (κ1) is 8.26. The molecule has 0 saturated carbocycles. The first-order valence-electron chi connectivity index (χ1n) is 3.47. The van der Waals surface area contributed by atoms with E-state index in [0.717, 1.165) is 5.56 Å². The van der Waals surface area contributed by atoms with Crippen LogP contribution in [0, 0.1) is 0 Å². The highest BCUT2D eigenvalue weighted by atomic mass is 14.8. The third kappa shape index (κ3) is 1.82. The lowest BCUT2D eigenvalue weighted by atomic mass is 10.1. The fourth-order valence-electron chi connectivity index (χ4n) is 0.875. The number of rotatable bonds is 1. The Kier molecular flexibility index (Phi) is 2.09. The van der Waals surface area contributed by atoms with Crippen molar-refractivity contribution in [3.8, 4) is 0 Å². The fraction of sp³-hybridized carbons (Fsp3) is 0. The molecular weight excluding hydrogens is 152 g/mol. The second kappa shape index (κ2) is 3.04. The molecule has 0 aromatic heterocycles. The van der Waals surface area contributed by atoms with Gasteiger partial charge in [-0.15, -0.1) is 0 Å². The zero-order chi connectivity index (χ0) is 9.14. The Morgan fingerprint density at radius 1 is 1.08 bits per heavy atom. The SMILES string of the molecule is NC(N)=Cc1ccc(N)c(N)c1. The Bertz CT molecular complexity index is 313. The zero-order valence-corrected chi connectivity index (χ0v) is 6.62. The van der Waals surface area contributed by atoms with Gasteiger partial charge in [0.1, 0.15) is 0 Å². The lowest BCUT2D eigenvalue weighted by Crippen LogP contribution is -2.07. The Morgan fingerprint density at radius 3 is 2.25 bits per heavy atom. The predicted octanol–water partition coefficient (Wildman–Crippen LogP) is 0.0668. The van der Waals surface area contributed by atoms with Crippen molar-refractivity contribution in [1.29, 1.82) is 0 Å². The van der Waals surface area contributed by atoms with E-state index in [1.165, 1.54) is 0 Å². The van der Waals surface area contributed by atoms with Gasteiger partial charge < -0.3 is 22.9 Å². The van der Waals surface area contributed by atoms with E-state index in [1.54, 1.807) is 24.3 Å². The summed E-state index contributed by atoms with van der Waals surface area (Å²) in [5.74, 6) is 0.249. The van der Waals surface area contributed by atoms with Crippen molar-refractivity contribution in [3.63, 3.8) is 0 Å². The number of anilines is 2. The van der Waals surface area contributed by atoms with E-state index in [2.05, 4.69) is 0 Å². The van der Waals surface area contributed by atoms with E-state index in [4.69, 9.17) is 22.9 Å². The highest BCUT2D eigenvalue weighted by Crippen LogP contribution is 2.16. The third-order valence-electron chi connectivity index (χ3n) is 1.44. The number of nitrogens with two attached hydrogens (primary N) is 4. The molecule has 0 unspecified atom stereocenters. The van der Waals surface area contributed by atoms with Crippen molar-refractivity contribution in [1.82, 2.24) is 0 Å². The van der Waals surface area contributed by atoms with E-state index in [0.29, 0.717) is 11.4 Å². The van der Waals surface area contributed by atoms with Gasteiger partial charge in [0.15, 0.2) is 0 Å². The van der Waals surface area contributed by atoms with Gasteiger partial charge in [0.05, 0.1) is 17.2 Å². The van der Waals surface area contributed by atoms with Gasteiger partial charge in [0, 0.05) is 0 Å². The number of hydrogen-bond acceptors (Lipinski definition) is 4. The maximum absolute atomic E-state index is 5.56. The molecule has 0 aliphatic carbocycles. The molecule has 0 bridgehead atoms. The van der Waals surface area contributed by atoms with E-state index >= 15 is 0 Å². The van der Waals surface area contributed by atoms with Crippen LogP contribution in [0.3, 0.4) is 0 Å². The highest BCUT2D eigenvalue weighted by molar-refractivity contribution is 5.68. The number of nitrogen functional groups attached to an aromatic ring is 2. The molecule has 0 fully saturated rings. The van der Waals surface area contributed by atoms with Crippen molar-refractivity contribution in [2.45, 2.75) is 0 Å². The van der Waals surface area contributed by atoms with Gasteiger partial charge in [0.25, 0.3) is 0 Å². The van der Waals surface area contributed by atoms with E-state index < -0.39 is 0 Å². The maximum Gasteiger partial charge on any atom is 0.0939 e. The summed E-state index contributed by atoms with van der Waals surface area (Å²) in [6.07, 6.45) is 1.62. The average molecular weight is 164 g/mol. The van der Waals surface area contributed by atoms with Crippen LogP contribution in [0.15, 0.2) is 24.0 Å². The van der Waals surface area contributed by atoms with Crippen LogP contribution in [-0.2, 0) is 0 Å². The van der Waals surface area contributed by atoms with Crippen molar-refractivity contribution in [2.75, 3.05) is 11.5 Å². The second-order valence-corrected chi connectivity index (χ2v) is 2.53. The largest absolute Gasteiger partial charge is 0.397 e. The summed E-state index contributed by atoms with van der Waals surface area (Å²) >= 11 is 0. The average Bonchev–Trinajstić information content (AvgIpc) is 1.96. The predicted molar refractivity (Wildman–Crippen MR) is 51.6 cm³/mol. The Balaban J connectivity index is 3.05. The molecule has 1 aromatic rings. The monoisotopic (exact) mass is 164 g/mol. The smallest absolute Gasteiger partial charge is 0.0939 e. The van der Waals surface area contributed by atoms with E-state index in [1.807, 2.05) is 0 Å². The Labute approximate surface area is 70.8 Å². The molecule has 0 aliphatic rings. The first-order chi connectivity index (χ1) is 5.59. The number of hydrogen-bond donors (Lipinski definition) is 4. The lowest BCUT2D eigenvalue weighted by molar-refractivity contribution is 1.27. The minimum atomic E-state index is 0.249. The van der Waals surface area contributed by atoms with Gasteiger partial charge in [-0.05, 0) is 23.8 Å². The van der Waals surface area contributed by atoms with Crippen LogP contribution in [0.5, 0.6) is 0 Å². The molecular formula is C8H12N4. The summed E-state index contributed by atoms with van der Waals surface area (Å²) in [7, 11) is 0. The van der Waals surface area contributed by atoms with Crippen molar-refractivity contribution >= 4 is 17.5 Å². The summed E-state index contributed by atoms with van der Waals surface area (Å²) in [4.78, 5) is 0. The molecule has 0 spiro atoms. The quantitative estimate of drug-likeness (QED) is 0.441. The fourth-order valence-corrected chi connectivity index (χ4v) is 0.875. The van der Waals surface area contributed by atoms with Crippen LogP contribution < -0.4 is 22.9 Å². The van der Waals surface area contributed by atoms with Crippen LogP contribution in [0.1, 0.15) is 5.56 Å². The summed E-state index contributed by atoms with van der Waals surface area (Å²) < 4.78 is 0. The van der Waals surface area contributed by atoms with Crippen LogP contribution >= 0.6 is 0 Å². The van der Waals surface area contributed by atoms with E-state index in [9.17, 15) is 0 Å². The van der Waals surface area contributed by atoms with Gasteiger partial charge in [0.2, 0.25) is 0 Å². The summed E-state index contributed by atoms with van der Waals surface area (Å²) in [5, 5.41) is 0. The topological polar surface area (TPSA) is 104 Å². The molecule has 4 heteroatoms. The van der Waals surface area contributed by atoms with E-state index in [-0.39, 0.29) is 5.82 Å². The zero-order valence-electron chi connectivity index (χ0n) is 6.62. The third-order valence-corrected chi connectivity index (χ3v) is 1.44. The van der Waals surface area contributed by atoms with Crippen molar-refractivity contribution in [2.24, 2.45) is 11.5 Å². The van der Waals surface area contributed by atoms with Gasteiger partial charge >= 0.3 is 0 Å². The Morgan fingerprint density at radius 2 is 1.75 bits per heavy atom. The molecule has 64 valence electrons. The maximum atomic E-state index is 5.56. The highest BCUT2D eigenvalue weighted by Gasteiger charge is 1.94. The van der Waals surface area contributed by atoms with Crippen LogP contribution in [0.2, 0.25) is 0 Å². The van der Waals surface area contributed by atoms with Crippen LogP contribution in [0.25, 0.3) is 6.08 Å². The summed E-state index contributed by atoms with van der Waals surface area (Å²) in [6.45, 7) is 0. The molecule has 0 saturated heterocycles. The molecule has 0 atom stereocenters. The standard InChI is InChI=1S/C8H12N4/c9-6-2-1-5(3-7(6)10)4-8(11)12/h1-4H,9-12H2. The van der Waals surface area contributed by atoms with Crippen molar-refractivity contribution in [3.05, 3.63) is 29.6 Å². The van der Waals surface area contributed by atoms with Gasteiger partial charge in [-0.2, -0.15) is 0 Å². The normalized spacial score (nSPS) is 9.33. The molecule has 4 nitrogen and oxygen atoms in total. The molecule has 1 aromatic carbocycles. The minimum absolute atomic E-state index is 0.249. The summed E-state index contributed by atoms with van der Waals surface area (Å²) in [6, 6.07) is 5.23. The molecule has 0 amide bonds. The second-order valence-electron chi connectivity index (χ2n) is 2.53. The van der Waals surface area contributed by atoms with Crippen molar-refractivity contribution < 1.29 is 0 Å². The number of benzene rings is 1. The first-order valence-corrected chi connectivity index (χ1v) is 3.47. The minimum Gasteiger partial charge on any atom is -0.397 e. The lowest BCUT2D eigenvalue weighted by Gasteiger charge is -2.00. The molecule has 0 heterocycles. The molecule has 12 heavy (non-hydrogen) atoms. The van der Waals surface area contributed by atoms with Gasteiger partial charge in [-0.1, -0.05) is 6.07 Å². The van der Waals surface area contributed by atoms with Gasteiger partial charge in [-0.25, -0.2) is 0 Å². The molecule has 0 radical (unpaired) electrons. The van der Waals surface area contributed by atoms with Gasteiger partial charge in [-0.3, -0.25) is 0 Å². The molecule has 8 N–H and O–H groups in total. The van der Waals surface area contributed by atoms with Crippen LogP contribution in [-0.4, -0.2) is 0 Å². The Hall–Kier alpha value is -1.84. The molecule has 1 rings (SSSR count). The molecule has 0 aliphatic heterocycles.